The van der Waals surface area contributed by atoms with Gasteiger partial charge in [-0.25, -0.2) is 9.59 Å². The lowest BCUT2D eigenvalue weighted by Crippen LogP contribution is -2.31. The lowest BCUT2D eigenvalue weighted by Gasteiger charge is -2.10. The number of carboxylic acid groups (broad SMARTS) is 2. The summed E-state index contributed by atoms with van der Waals surface area (Å²) in [6.07, 6.45) is 0. The number of hydrogen-bond donors (Lipinski definition) is 4. The van der Waals surface area contributed by atoms with Gasteiger partial charge >= 0.3 is 11.9 Å². The number of carboxylic acids is 2. The summed E-state index contributed by atoms with van der Waals surface area (Å²) in [5.74, 6) is 1.98. The van der Waals surface area contributed by atoms with Gasteiger partial charge in [-0.15, -0.1) is 0 Å². The minimum Gasteiger partial charge on any atom is -0.478 e. The van der Waals surface area contributed by atoms with E-state index in [1.54, 1.807) is 13.8 Å². The van der Waals surface area contributed by atoms with E-state index in [0.29, 0.717) is 11.1 Å². The first-order chi connectivity index (χ1) is 14.1. The Morgan fingerprint density at radius 2 is 1.27 bits per heavy atom. The molecule has 0 bridgehead atoms. The smallest absolute Gasteiger partial charge is 0.336 e. The minimum absolute atomic E-state index is 0.0227. The predicted molar refractivity (Wildman–Crippen MR) is 109 cm³/mol. The Labute approximate surface area is 172 Å². The molecule has 8 heteroatoms. The van der Waals surface area contributed by atoms with Gasteiger partial charge in [0.1, 0.15) is 0 Å². The highest BCUT2D eigenvalue weighted by Crippen LogP contribution is 2.14. The lowest BCUT2D eigenvalue weighted by molar-refractivity contribution is 0.0682. The van der Waals surface area contributed by atoms with E-state index in [-0.39, 0.29) is 28.3 Å². The Kier molecular flexibility index (Phi) is 6.94. The van der Waals surface area contributed by atoms with Crippen molar-refractivity contribution in [3.8, 4) is 11.8 Å². The van der Waals surface area contributed by atoms with Gasteiger partial charge in [0.25, 0.3) is 11.8 Å². The highest BCUT2D eigenvalue weighted by molar-refractivity contribution is 6.05. The molecule has 0 aromatic heterocycles. The molecule has 2 aromatic carbocycles. The molecule has 4 N–H and O–H groups in total. The molecule has 154 valence electrons. The molecule has 0 spiro atoms. The first-order valence-corrected chi connectivity index (χ1v) is 8.93. The van der Waals surface area contributed by atoms with E-state index >= 15 is 0 Å². The average molecular weight is 408 g/mol. The summed E-state index contributed by atoms with van der Waals surface area (Å²) in [4.78, 5) is 47.0. The van der Waals surface area contributed by atoms with Gasteiger partial charge in [0.05, 0.1) is 22.3 Å². The highest BCUT2D eigenvalue weighted by Gasteiger charge is 2.18. The van der Waals surface area contributed by atoms with Crippen molar-refractivity contribution in [3.63, 3.8) is 0 Å². The van der Waals surface area contributed by atoms with Crippen LogP contribution in [0, 0.1) is 11.8 Å². The number of rotatable bonds is 5. The molecule has 2 aromatic rings. The zero-order valence-electron chi connectivity index (χ0n) is 16.6. The molecule has 0 atom stereocenters. The van der Waals surface area contributed by atoms with Crippen molar-refractivity contribution in [2.24, 2.45) is 0 Å². The highest BCUT2D eigenvalue weighted by atomic mass is 16.4. The number of carbonyl (C=O) groups excluding carboxylic acids is 2. The Balaban J connectivity index is 2.44. The fourth-order valence-corrected chi connectivity index (χ4v) is 2.61. The van der Waals surface area contributed by atoms with Crippen LogP contribution in [0.3, 0.4) is 0 Å². The molecule has 30 heavy (non-hydrogen) atoms. The summed E-state index contributed by atoms with van der Waals surface area (Å²) in [6, 6.07) is 8.11. The maximum atomic E-state index is 12.2. The van der Waals surface area contributed by atoms with E-state index in [9.17, 15) is 29.4 Å². The van der Waals surface area contributed by atoms with Gasteiger partial charge in [-0.2, -0.15) is 0 Å². The van der Waals surface area contributed by atoms with Gasteiger partial charge in [-0.3, -0.25) is 9.59 Å². The molecule has 0 heterocycles. The van der Waals surface area contributed by atoms with Gasteiger partial charge < -0.3 is 20.8 Å². The largest absolute Gasteiger partial charge is 0.478 e. The van der Waals surface area contributed by atoms with Gasteiger partial charge in [0, 0.05) is 24.2 Å². The Morgan fingerprint density at radius 1 is 0.767 bits per heavy atom. The summed E-state index contributed by atoms with van der Waals surface area (Å²) in [5.41, 5.74) is 0.355. The summed E-state index contributed by atoms with van der Waals surface area (Å²) in [5, 5.41) is 23.7. The van der Waals surface area contributed by atoms with Crippen molar-refractivity contribution < 1.29 is 29.4 Å². The topological polar surface area (TPSA) is 133 Å². The molecule has 0 saturated carbocycles. The van der Waals surface area contributed by atoms with Gasteiger partial charge in [-0.05, 0) is 50.2 Å². The Morgan fingerprint density at radius 3 is 1.73 bits per heavy atom. The van der Waals surface area contributed by atoms with Gasteiger partial charge in [0.2, 0.25) is 0 Å². The van der Waals surface area contributed by atoms with Gasteiger partial charge in [0.15, 0.2) is 0 Å². The number of carbonyl (C=O) groups is 4. The summed E-state index contributed by atoms with van der Waals surface area (Å²) < 4.78 is 0. The average Bonchev–Trinajstić information content (AvgIpc) is 2.70. The Hall–Kier alpha value is -4.12. The number of amides is 2. The van der Waals surface area contributed by atoms with Crippen LogP contribution in [0.25, 0.3) is 0 Å². The third-order valence-electron chi connectivity index (χ3n) is 3.99. The summed E-state index contributed by atoms with van der Waals surface area (Å²) in [6.45, 7) is 3.53. The fraction of sp³-hybridized carbons (Fsp3) is 0.182. The van der Waals surface area contributed by atoms with Crippen LogP contribution in [0.1, 0.15) is 66.4 Å². The SMILES string of the molecule is CNC(=O)c1cc(C#Cc2ccc(C(=O)NC(C)C)c(C(=O)O)c2)ccc1C(=O)O. The molecular formula is C22H20N2O6. The monoisotopic (exact) mass is 408 g/mol. The number of benzene rings is 2. The van der Waals surface area contributed by atoms with Crippen molar-refractivity contribution in [3.05, 3.63) is 69.8 Å². The second-order valence-electron chi connectivity index (χ2n) is 6.59. The number of hydrogen-bond acceptors (Lipinski definition) is 4. The molecule has 0 aliphatic rings. The maximum Gasteiger partial charge on any atom is 0.336 e. The second kappa shape index (κ2) is 9.39. The van der Waals surface area contributed by atoms with Crippen LogP contribution >= 0.6 is 0 Å². The van der Waals surface area contributed by atoms with Crippen molar-refractivity contribution in [2.45, 2.75) is 19.9 Å². The summed E-state index contributed by atoms with van der Waals surface area (Å²) >= 11 is 0. The lowest BCUT2D eigenvalue weighted by atomic mass is 10.0. The van der Waals surface area contributed by atoms with Crippen LogP contribution in [0.5, 0.6) is 0 Å². The Bertz CT molecular complexity index is 1090. The van der Waals surface area contributed by atoms with Crippen LogP contribution < -0.4 is 10.6 Å². The zero-order chi connectivity index (χ0) is 22.4. The third-order valence-corrected chi connectivity index (χ3v) is 3.99. The second-order valence-corrected chi connectivity index (χ2v) is 6.59. The van der Waals surface area contributed by atoms with E-state index in [0.717, 1.165) is 0 Å². The van der Waals surface area contributed by atoms with E-state index in [4.69, 9.17) is 0 Å². The molecular weight excluding hydrogens is 388 g/mol. The number of nitrogens with one attached hydrogen (secondary N) is 2. The molecule has 2 rings (SSSR count). The molecule has 2 amide bonds. The molecule has 8 nitrogen and oxygen atoms in total. The summed E-state index contributed by atoms with van der Waals surface area (Å²) in [7, 11) is 1.39. The molecule has 0 unspecified atom stereocenters. The van der Waals surface area contributed by atoms with Crippen molar-refractivity contribution in [2.75, 3.05) is 7.05 Å². The first-order valence-electron chi connectivity index (χ1n) is 8.93. The van der Waals surface area contributed by atoms with Gasteiger partial charge in [-0.1, -0.05) is 11.8 Å². The molecule has 0 fully saturated rings. The zero-order valence-corrected chi connectivity index (χ0v) is 16.6. The van der Waals surface area contributed by atoms with Crippen molar-refractivity contribution in [1.82, 2.24) is 10.6 Å². The molecule has 0 aliphatic heterocycles. The van der Waals surface area contributed by atoms with Crippen LogP contribution in [-0.4, -0.2) is 47.1 Å². The quantitative estimate of drug-likeness (QED) is 0.559. The van der Waals surface area contributed by atoms with Crippen LogP contribution in [0.15, 0.2) is 36.4 Å². The van der Waals surface area contributed by atoms with Crippen molar-refractivity contribution >= 4 is 23.8 Å². The molecule has 0 aliphatic carbocycles. The normalized spacial score (nSPS) is 10.0. The van der Waals surface area contributed by atoms with E-state index in [1.807, 2.05) is 0 Å². The maximum absolute atomic E-state index is 12.2. The van der Waals surface area contributed by atoms with E-state index in [1.165, 1.54) is 43.4 Å². The minimum atomic E-state index is -1.26. The fourth-order valence-electron chi connectivity index (χ4n) is 2.61. The standard InChI is InChI=1S/C22H20N2O6/c1-12(2)24-20(26)15-8-6-14(11-18(15)22(29)30)5-4-13-7-9-16(21(27)28)17(10-13)19(25)23-3/h6-12H,1-3H3,(H,23,25)(H,24,26)(H,27,28)(H,29,30). The van der Waals surface area contributed by atoms with Crippen LogP contribution in [-0.2, 0) is 0 Å². The predicted octanol–water partition coefficient (Wildman–Crippen LogP) is 1.98. The first kappa shape index (κ1) is 22.2. The van der Waals surface area contributed by atoms with Crippen LogP contribution in [0.2, 0.25) is 0 Å². The van der Waals surface area contributed by atoms with Crippen molar-refractivity contribution in [1.29, 1.82) is 0 Å². The molecule has 0 saturated heterocycles. The molecule has 0 radical (unpaired) electrons. The van der Waals surface area contributed by atoms with E-state index < -0.39 is 23.8 Å². The third kappa shape index (κ3) is 5.23. The van der Waals surface area contributed by atoms with Crippen LogP contribution in [0.4, 0.5) is 0 Å². The number of aromatic carboxylic acids is 2. The van der Waals surface area contributed by atoms with E-state index in [2.05, 4.69) is 22.5 Å².